The Morgan fingerprint density at radius 3 is 2.28 bits per heavy atom. The number of ether oxygens (including phenoxy) is 1. The highest BCUT2D eigenvalue weighted by Crippen LogP contribution is 2.61. The lowest BCUT2D eigenvalue weighted by atomic mass is 9.87. The van der Waals surface area contributed by atoms with Crippen molar-refractivity contribution in [1.29, 1.82) is 0 Å². The molecule has 1 aliphatic heterocycles. The number of fused-ring (bicyclic) bond motifs is 1. The molecule has 1 fully saturated rings. The van der Waals surface area contributed by atoms with Crippen LogP contribution in [0.15, 0.2) is 12.7 Å². The van der Waals surface area contributed by atoms with Gasteiger partial charge in [0.2, 0.25) is 11.8 Å². The number of rotatable bonds is 25. The second kappa shape index (κ2) is 20.6. The van der Waals surface area contributed by atoms with Crippen LogP contribution in [0.3, 0.4) is 0 Å². The van der Waals surface area contributed by atoms with E-state index in [2.05, 4.69) is 29.9 Å². The normalized spacial score (nSPS) is 22.7. The maximum absolute atomic E-state index is 12.7. The number of phosphoric acid groups is 3. The average Bonchev–Trinajstić information content (AvgIpc) is 3.65. The topological polar surface area (TPSA) is 404 Å². The number of carbonyl (C=O) groups excluding carboxylic acids is 3. The fourth-order valence-corrected chi connectivity index (χ4v) is 8.36. The van der Waals surface area contributed by atoms with E-state index in [1.54, 1.807) is 0 Å². The van der Waals surface area contributed by atoms with E-state index in [0.29, 0.717) is 19.3 Å². The molecule has 0 bridgehead atoms. The van der Waals surface area contributed by atoms with E-state index >= 15 is 0 Å². The molecule has 1 saturated heterocycles. The van der Waals surface area contributed by atoms with Gasteiger partial charge in [-0.2, -0.15) is 4.31 Å². The monoisotopic (exact) mass is 893 g/mol. The van der Waals surface area contributed by atoms with E-state index in [1.807, 2.05) is 0 Å². The van der Waals surface area contributed by atoms with E-state index in [9.17, 15) is 57.9 Å². The molecule has 2 aromatic rings. The second-order valence-corrected chi connectivity index (χ2v) is 18.2. The molecule has 29 heteroatoms. The van der Waals surface area contributed by atoms with Gasteiger partial charge in [-0.1, -0.05) is 20.3 Å². The Bertz CT molecular complexity index is 1880. The van der Waals surface area contributed by atoms with Crippen LogP contribution in [-0.2, 0) is 56.4 Å². The maximum Gasteiger partial charge on any atom is 0.481 e. The molecule has 7 atom stereocenters. The Labute approximate surface area is 330 Å². The third-order valence-corrected chi connectivity index (χ3v) is 11.8. The molecule has 3 heterocycles. The molecule has 3 rings (SSSR count). The minimum absolute atomic E-state index is 0.0115. The average molecular weight is 894 g/mol. The van der Waals surface area contributed by atoms with Gasteiger partial charge in [-0.15, -0.1) is 0 Å². The number of imidazole rings is 1. The van der Waals surface area contributed by atoms with Crippen LogP contribution >= 0.6 is 23.5 Å². The summed E-state index contributed by atoms with van der Waals surface area (Å²) in [5, 5.41) is 44.2. The fourth-order valence-electron chi connectivity index (χ4n) is 5.54. The molecule has 26 nitrogen and oxygen atoms in total. The largest absolute Gasteiger partial charge is 0.481 e. The number of phosphoric ester groups is 3. The summed E-state index contributed by atoms with van der Waals surface area (Å²) in [6, 6.07) is 0. The van der Waals surface area contributed by atoms with E-state index in [4.69, 9.17) is 34.3 Å². The first-order chi connectivity index (χ1) is 26.8. The van der Waals surface area contributed by atoms with Crippen LogP contribution in [-0.4, -0.2) is 134 Å². The molecule has 0 aliphatic carbocycles. The number of aliphatic hydroxyl groups is 4. The fraction of sp³-hybridized carbons (Fsp3) is 0.724. The molecular formula is C29H50N7O19P3. The number of hydrogen-bond acceptors (Lipinski definition) is 19. The molecule has 12 N–H and O–H groups in total. The van der Waals surface area contributed by atoms with Gasteiger partial charge in [-0.3, -0.25) is 32.5 Å². The Hall–Kier alpha value is -2.87. The van der Waals surface area contributed by atoms with Crippen molar-refractivity contribution in [2.75, 3.05) is 32.0 Å². The summed E-state index contributed by atoms with van der Waals surface area (Å²) in [4.78, 5) is 87.9. The number of amides is 2. The molecule has 7 unspecified atom stereocenters. The molecule has 0 aromatic carbocycles. The number of aromatic nitrogens is 4. The van der Waals surface area contributed by atoms with Crippen LogP contribution < -0.4 is 16.4 Å². The van der Waals surface area contributed by atoms with Gasteiger partial charge in [0.25, 0.3) is 0 Å². The zero-order valence-corrected chi connectivity index (χ0v) is 34.3. The number of anilines is 1. The number of nitrogens with one attached hydrogen (secondary N) is 2. The molecular weight excluding hydrogens is 843 g/mol. The van der Waals surface area contributed by atoms with Crippen LogP contribution in [0, 0.1) is 5.41 Å². The van der Waals surface area contributed by atoms with E-state index < -0.39 is 90.3 Å². The number of Topliss-reactive ketones (excluding diaryl/α,β-unsaturated/α-hetero) is 1. The SMILES string of the molecule is CC(C)(COP(=O)(O)OP(=O)(O)OCC1OC(C)(n2cnc3c(N)ncnc32)C(O)C1OP(=O)(O)O)C(O)C(=O)NCCC(=O)NCCC(=O)CCCCCC(O)O. The lowest BCUT2D eigenvalue weighted by Crippen LogP contribution is -2.46. The number of unbranched alkanes of at least 4 members (excludes halogenated alkanes) is 2. The van der Waals surface area contributed by atoms with Crippen molar-refractivity contribution in [2.45, 2.75) is 102 Å². The van der Waals surface area contributed by atoms with Crippen LogP contribution in [0.1, 0.15) is 65.7 Å². The van der Waals surface area contributed by atoms with Crippen molar-refractivity contribution >= 4 is 58.0 Å². The van der Waals surface area contributed by atoms with Crippen molar-refractivity contribution in [3.63, 3.8) is 0 Å². The van der Waals surface area contributed by atoms with Crippen molar-refractivity contribution in [3.8, 4) is 0 Å². The molecule has 2 amide bonds. The third kappa shape index (κ3) is 14.7. The summed E-state index contributed by atoms with van der Waals surface area (Å²) in [6.45, 7) is 1.46. The number of nitrogens with zero attached hydrogens (tertiary/aromatic N) is 4. The van der Waals surface area contributed by atoms with E-state index in [-0.39, 0.29) is 61.5 Å². The third-order valence-electron chi connectivity index (χ3n) is 8.71. The van der Waals surface area contributed by atoms with Gasteiger partial charge in [0, 0.05) is 37.8 Å². The predicted molar refractivity (Wildman–Crippen MR) is 195 cm³/mol. The summed E-state index contributed by atoms with van der Waals surface area (Å²) in [5.74, 6) is -1.65. The number of ketones is 1. The van der Waals surface area contributed by atoms with Crippen molar-refractivity contribution in [3.05, 3.63) is 12.7 Å². The van der Waals surface area contributed by atoms with Gasteiger partial charge in [-0.05, 0) is 26.2 Å². The number of nitrogens with two attached hydrogens (primary N) is 1. The lowest BCUT2D eigenvalue weighted by Gasteiger charge is -2.30. The summed E-state index contributed by atoms with van der Waals surface area (Å²) in [6.07, 6.45) is -4.66. The Balaban J connectivity index is 1.49. The first kappa shape index (κ1) is 49.5. The summed E-state index contributed by atoms with van der Waals surface area (Å²) >= 11 is 0. The van der Waals surface area contributed by atoms with Gasteiger partial charge in [0.05, 0.1) is 19.5 Å². The molecule has 0 radical (unpaired) electrons. The zero-order chi connectivity index (χ0) is 43.7. The van der Waals surface area contributed by atoms with Crippen molar-refractivity contribution in [1.82, 2.24) is 30.2 Å². The zero-order valence-electron chi connectivity index (χ0n) is 31.6. The van der Waals surface area contributed by atoms with Crippen molar-refractivity contribution in [2.24, 2.45) is 5.41 Å². The van der Waals surface area contributed by atoms with Gasteiger partial charge in [0.15, 0.2) is 23.5 Å². The molecule has 2 aromatic heterocycles. The highest BCUT2D eigenvalue weighted by Gasteiger charge is 2.57. The highest BCUT2D eigenvalue weighted by molar-refractivity contribution is 7.61. The minimum Gasteiger partial charge on any atom is -0.385 e. The Kier molecular flexibility index (Phi) is 17.6. The summed E-state index contributed by atoms with van der Waals surface area (Å²) < 4.78 is 62.6. The first-order valence-electron chi connectivity index (χ1n) is 17.6. The van der Waals surface area contributed by atoms with Gasteiger partial charge < -0.3 is 61.1 Å². The first-order valence-corrected chi connectivity index (χ1v) is 22.1. The lowest BCUT2D eigenvalue weighted by molar-refractivity contribution is -0.137. The maximum atomic E-state index is 12.7. The number of aliphatic hydroxyl groups excluding tert-OH is 3. The quantitative estimate of drug-likeness (QED) is 0.0317. The Morgan fingerprint density at radius 2 is 1.62 bits per heavy atom. The molecule has 1 aliphatic rings. The summed E-state index contributed by atoms with van der Waals surface area (Å²) in [7, 11) is -16.5. The standard InChI is InChI=1S/C29H50N7O19P3/c1-28(2,24(42)27(43)32-12-10-19(38)31-11-9-17(37)7-5-4-6-8-20(39)40)14-52-58(49,50)55-57(47,48)51-13-18-22(54-56(44,45)46)23(41)29(3,53-18)36-16-35-21-25(30)33-15-34-26(21)36/h15-16,18,20,22-24,39-42H,4-14H2,1-3H3,(H,31,38)(H,32,43)(H,47,48)(H,49,50)(H2,30,33,34)(H2,44,45,46). The van der Waals surface area contributed by atoms with Gasteiger partial charge in [0.1, 0.15) is 42.0 Å². The van der Waals surface area contributed by atoms with E-state index in [1.165, 1.54) is 20.8 Å². The summed E-state index contributed by atoms with van der Waals surface area (Å²) in [5.41, 5.74) is 2.25. The number of carbonyl (C=O) groups is 3. The number of nitrogen functional groups attached to an aromatic ring is 1. The predicted octanol–water partition coefficient (Wildman–Crippen LogP) is -1.20. The second-order valence-electron chi connectivity index (χ2n) is 14.0. The van der Waals surface area contributed by atoms with Crippen LogP contribution in [0.25, 0.3) is 11.2 Å². The molecule has 58 heavy (non-hydrogen) atoms. The highest BCUT2D eigenvalue weighted by atomic mass is 31.3. The number of hydrogen-bond donors (Lipinski definition) is 11. The smallest absolute Gasteiger partial charge is 0.385 e. The van der Waals surface area contributed by atoms with Gasteiger partial charge in [-0.25, -0.2) is 28.6 Å². The van der Waals surface area contributed by atoms with Crippen molar-refractivity contribution < 1.29 is 90.7 Å². The van der Waals surface area contributed by atoms with Crippen LogP contribution in [0.5, 0.6) is 0 Å². The van der Waals surface area contributed by atoms with E-state index in [0.717, 1.165) is 17.2 Å². The Morgan fingerprint density at radius 1 is 0.966 bits per heavy atom. The molecule has 0 spiro atoms. The molecule has 330 valence electrons. The van der Waals surface area contributed by atoms with Crippen LogP contribution in [0.2, 0.25) is 0 Å². The molecule has 0 saturated carbocycles. The van der Waals surface area contributed by atoms with Crippen LogP contribution in [0.4, 0.5) is 5.82 Å². The minimum atomic E-state index is -5.60. The van der Waals surface area contributed by atoms with Gasteiger partial charge >= 0.3 is 23.5 Å².